The van der Waals surface area contributed by atoms with Gasteiger partial charge in [0.25, 0.3) is 0 Å². The first-order valence-corrected chi connectivity index (χ1v) is 5.89. The van der Waals surface area contributed by atoms with E-state index in [4.69, 9.17) is 5.26 Å². The van der Waals surface area contributed by atoms with Crippen LogP contribution >= 0.6 is 0 Å². The summed E-state index contributed by atoms with van der Waals surface area (Å²) in [4.78, 5) is 4.22. The maximum absolute atomic E-state index is 8.95. The van der Waals surface area contributed by atoms with E-state index in [0.717, 1.165) is 18.4 Å². The van der Waals surface area contributed by atoms with Gasteiger partial charge in [0, 0.05) is 11.9 Å². The fourth-order valence-electron chi connectivity index (χ4n) is 2.56. The van der Waals surface area contributed by atoms with Crippen molar-refractivity contribution in [1.82, 2.24) is 9.55 Å². The molecule has 0 fully saturated rings. The van der Waals surface area contributed by atoms with E-state index < -0.39 is 0 Å². The molecule has 1 aromatic heterocycles. The summed E-state index contributed by atoms with van der Waals surface area (Å²) >= 11 is 0. The molecule has 0 saturated heterocycles. The number of aromatic nitrogens is 2. The summed E-state index contributed by atoms with van der Waals surface area (Å²) < 4.78 is 2.24. The van der Waals surface area contributed by atoms with Gasteiger partial charge in [-0.2, -0.15) is 5.26 Å². The number of aryl methyl sites for hydroxylation is 1. The van der Waals surface area contributed by atoms with Crippen molar-refractivity contribution in [3.05, 3.63) is 53.6 Å². The van der Waals surface area contributed by atoms with Crippen LogP contribution in [0.2, 0.25) is 0 Å². The molecule has 17 heavy (non-hydrogen) atoms. The lowest BCUT2D eigenvalue weighted by Crippen LogP contribution is -2.17. The molecule has 3 rings (SSSR count). The van der Waals surface area contributed by atoms with Crippen LogP contribution < -0.4 is 0 Å². The predicted octanol–water partition coefficient (Wildman–Crippen LogP) is 2.68. The highest BCUT2D eigenvalue weighted by Crippen LogP contribution is 2.30. The quantitative estimate of drug-likeness (QED) is 0.745. The summed E-state index contributed by atoms with van der Waals surface area (Å²) in [5, 5.41) is 8.95. The Morgan fingerprint density at radius 1 is 1.41 bits per heavy atom. The zero-order valence-electron chi connectivity index (χ0n) is 9.50. The molecule has 0 saturated carbocycles. The van der Waals surface area contributed by atoms with E-state index >= 15 is 0 Å². The fourth-order valence-corrected chi connectivity index (χ4v) is 2.56. The number of nitriles is 1. The Balaban J connectivity index is 2.04. The molecule has 1 unspecified atom stereocenters. The zero-order valence-corrected chi connectivity index (χ0v) is 9.50. The minimum atomic E-state index is 0.342. The molecule has 1 aliphatic rings. The van der Waals surface area contributed by atoms with E-state index in [9.17, 15) is 0 Å². The Labute approximate surface area is 100 Å². The van der Waals surface area contributed by atoms with E-state index in [1.54, 1.807) is 0 Å². The second-order valence-electron chi connectivity index (χ2n) is 4.44. The first kappa shape index (κ1) is 10.1. The van der Waals surface area contributed by atoms with Crippen LogP contribution in [0.3, 0.4) is 0 Å². The van der Waals surface area contributed by atoms with Gasteiger partial charge in [-0.25, -0.2) is 4.98 Å². The number of nitrogens with zero attached hydrogens (tertiary/aromatic N) is 3. The highest BCUT2D eigenvalue weighted by molar-refractivity contribution is 5.35. The van der Waals surface area contributed by atoms with E-state index in [-0.39, 0.29) is 0 Å². The van der Waals surface area contributed by atoms with Gasteiger partial charge in [-0.05, 0) is 37.0 Å². The van der Waals surface area contributed by atoms with Gasteiger partial charge in [0.05, 0.1) is 24.0 Å². The average Bonchev–Trinajstić information content (AvgIpc) is 2.87. The Kier molecular flexibility index (Phi) is 2.41. The van der Waals surface area contributed by atoms with E-state index in [0.29, 0.717) is 6.04 Å². The first-order chi connectivity index (χ1) is 8.38. The summed E-state index contributed by atoms with van der Waals surface area (Å²) in [5.41, 5.74) is 3.24. The van der Waals surface area contributed by atoms with Gasteiger partial charge < -0.3 is 4.57 Å². The third kappa shape index (κ3) is 1.72. The molecule has 2 heterocycles. The van der Waals surface area contributed by atoms with Gasteiger partial charge in [-0.3, -0.25) is 0 Å². The largest absolute Gasteiger partial charge is 0.327 e. The van der Waals surface area contributed by atoms with Crippen LogP contribution in [0.25, 0.3) is 0 Å². The number of hydrogen-bond acceptors (Lipinski definition) is 2. The van der Waals surface area contributed by atoms with Crippen molar-refractivity contribution >= 4 is 0 Å². The van der Waals surface area contributed by atoms with Gasteiger partial charge in [-0.1, -0.05) is 12.1 Å². The van der Waals surface area contributed by atoms with Crippen molar-refractivity contribution in [2.45, 2.75) is 25.3 Å². The number of rotatable bonds is 1. The van der Waals surface area contributed by atoms with Crippen molar-refractivity contribution in [3.63, 3.8) is 0 Å². The van der Waals surface area contributed by atoms with Crippen molar-refractivity contribution in [2.75, 3.05) is 0 Å². The van der Waals surface area contributed by atoms with Crippen LogP contribution in [-0.2, 0) is 6.42 Å². The van der Waals surface area contributed by atoms with Crippen LogP contribution in [0.4, 0.5) is 0 Å². The Morgan fingerprint density at radius 3 is 3.24 bits per heavy atom. The summed E-state index contributed by atoms with van der Waals surface area (Å²) in [7, 11) is 0. The maximum Gasteiger partial charge on any atom is 0.0991 e. The fraction of sp³-hybridized carbons (Fsp3) is 0.286. The molecule has 3 heteroatoms. The van der Waals surface area contributed by atoms with E-state index in [2.05, 4.69) is 21.7 Å². The topological polar surface area (TPSA) is 41.6 Å². The lowest BCUT2D eigenvalue weighted by atomic mass is 9.95. The van der Waals surface area contributed by atoms with Crippen molar-refractivity contribution in [3.8, 4) is 6.07 Å². The van der Waals surface area contributed by atoms with Crippen molar-refractivity contribution in [1.29, 1.82) is 5.26 Å². The van der Waals surface area contributed by atoms with Gasteiger partial charge in [0.2, 0.25) is 0 Å². The molecule has 1 aliphatic heterocycles. The molecule has 0 radical (unpaired) electrons. The third-order valence-electron chi connectivity index (χ3n) is 3.39. The Hall–Kier alpha value is -2.08. The van der Waals surface area contributed by atoms with Crippen LogP contribution in [0, 0.1) is 11.3 Å². The molecule has 1 aromatic carbocycles. The molecule has 0 bridgehead atoms. The monoisotopic (exact) mass is 223 g/mol. The van der Waals surface area contributed by atoms with Gasteiger partial charge in [0.1, 0.15) is 0 Å². The second kappa shape index (κ2) is 4.06. The minimum absolute atomic E-state index is 0.342. The average molecular weight is 223 g/mol. The molecule has 84 valence electrons. The SMILES string of the molecule is N#Cc1cccc(C2CCCc3cncn32)c1. The third-order valence-corrected chi connectivity index (χ3v) is 3.39. The molecule has 0 amide bonds. The summed E-state index contributed by atoms with van der Waals surface area (Å²) in [6, 6.07) is 10.4. The minimum Gasteiger partial charge on any atom is -0.327 e. The molecule has 1 atom stereocenters. The van der Waals surface area contributed by atoms with Crippen LogP contribution in [-0.4, -0.2) is 9.55 Å². The molecule has 3 nitrogen and oxygen atoms in total. The highest BCUT2D eigenvalue weighted by atomic mass is 15.1. The summed E-state index contributed by atoms with van der Waals surface area (Å²) in [6.45, 7) is 0. The van der Waals surface area contributed by atoms with Crippen LogP contribution in [0.15, 0.2) is 36.8 Å². The van der Waals surface area contributed by atoms with E-state index in [1.807, 2.05) is 30.7 Å². The summed E-state index contributed by atoms with van der Waals surface area (Å²) in [5.74, 6) is 0. The Morgan fingerprint density at radius 2 is 2.35 bits per heavy atom. The van der Waals surface area contributed by atoms with Crippen molar-refractivity contribution < 1.29 is 0 Å². The van der Waals surface area contributed by atoms with Gasteiger partial charge in [0.15, 0.2) is 0 Å². The van der Waals surface area contributed by atoms with Crippen LogP contribution in [0.5, 0.6) is 0 Å². The standard InChI is InChI=1S/C14H13N3/c15-8-11-3-1-4-12(7-11)14-6-2-5-13-9-16-10-17(13)14/h1,3-4,7,9-10,14H,2,5-6H2. The molecule has 2 aromatic rings. The lowest BCUT2D eigenvalue weighted by Gasteiger charge is -2.25. The molecule has 0 aliphatic carbocycles. The molecule has 0 N–H and O–H groups in total. The first-order valence-electron chi connectivity index (χ1n) is 5.89. The molecular weight excluding hydrogens is 210 g/mol. The Bertz CT molecular complexity index is 577. The highest BCUT2D eigenvalue weighted by Gasteiger charge is 2.20. The number of hydrogen-bond donors (Lipinski definition) is 0. The number of imidazole rings is 1. The van der Waals surface area contributed by atoms with Gasteiger partial charge in [-0.15, -0.1) is 0 Å². The zero-order chi connectivity index (χ0) is 11.7. The van der Waals surface area contributed by atoms with Crippen molar-refractivity contribution in [2.24, 2.45) is 0 Å². The second-order valence-corrected chi connectivity index (χ2v) is 4.44. The molecule has 0 spiro atoms. The maximum atomic E-state index is 8.95. The summed E-state index contributed by atoms with van der Waals surface area (Å²) in [6.07, 6.45) is 7.26. The predicted molar refractivity (Wildman–Crippen MR) is 64.5 cm³/mol. The van der Waals surface area contributed by atoms with Crippen LogP contribution in [0.1, 0.15) is 35.7 Å². The number of benzene rings is 1. The number of fused-ring (bicyclic) bond motifs is 1. The lowest BCUT2D eigenvalue weighted by molar-refractivity contribution is 0.457. The molecular formula is C14H13N3. The normalized spacial score (nSPS) is 18.4. The smallest absolute Gasteiger partial charge is 0.0991 e. The van der Waals surface area contributed by atoms with Gasteiger partial charge >= 0.3 is 0 Å². The van der Waals surface area contributed by atoms with E-state index in [1.165, 1.54) is 17.7 Å².